The Labute approximate surface area is 195 Å². The largest absolute Gasteiger partial charge is 0.497 e. The standard InChI is InChI=1S/C29H42N2O/c1-32-28-13-12-24-20-26(11-10-25(24)21-28)29(23-8-4-2-5-9-23)22-30-18-14-27(15-19-30)31-16-6-3-7-17-31/h10-13,20-21,23,27,29H,2-9,14-19,22H2,1H3. The van der Waals surface area contributed by atoms with Crippen LogP contribution in [0.5, 0.6) is 5.75 Å². The maximum atomic E-state index is 5.44. The van der Waals surface area contributed by atoms with Gasteiger partial charge in [0.2, 0.25) is 0 Å². The topological polar surface area (TPSA) is 15.7 Å². The molecule has 0 N–H and O–H groups in total. The highest BCUT2D eigenvalue weighted by Gasteiger charge is 2.30. The van der Waals surface area contributed by atoms with E-state index >= 15 is 0 Å². The van der Waals surface area contributed by atoms with Gasteiger partial charge in [0, 0.05) is 12.6 Å². The highest BCUT2D eigenvalue weighted by atomic mass is 16.5. The Morgan fingerprint density at radius 1 is 0.781 bits per heavy atom. The molecule has 1 unspecified atom stereocenters. The van der Waals surface area contributed by atoms with E-state index < -0.39 is 0 Å². The molecule has 174 valence electrons. The minimum absolute atomic E-state index is 0.674. The number of rotatable bonds is 6. The second-order valence-electron chi connectivity index (χ2n) is 10.6. The van der Waals surface area contributed by atoms with Gasteiger partial charge in [-0.15, -0.1) is 0 Å². The van der Waals surface area contributed by atoms with Gasteiger partial charge in [0.1, 0.15) is 5.75 Å². The Balaban J connectivity index is 1.30. The van der Waals surface area contributed by atoms with Crippen LogP contribution in [0, 0.1) is 5.92 Å². The van der Waals surface area contributed by atoms with Crippen LogP contribution in [0.4, 0.5) is 0 Å². The van der Waals surface area contributed by atoms with Crippen LogP contribution in [0.3, 0.4) is 0 Å². The maximum absolute atomic E-state index is 5.44. The molecular weight excluding hydrogens is 392 g/mol. The van der Waals surface area contributed by atoms with Crippen molar-refractivity contribution < 1.29 is 4.74 Å². The lowest BCUT2D eigenvalue weighted by molar-refractivity contribution is 0.0846. The number of nitrogens with zero attached hydrogens (tertiary/aromatic N) is 2. The van der Waals surface area contributed by atoms with Crippen molar-refractivity contribution in [3.05, 3.63) is 42.0 Å². The Hall–Kier alpha value is -1.58. The molecule has 2 aromatic rings. The van der Waals surface area contributed by atoms with Crippen molar-refractivity contribution in [3.63, 3.8) is 0 Å². The molecule has 3 aliphatic rings. The number of ether oxygens (including phenoxy) is 1. The highest BCUT2D eigenvalue weighted by Crippen LogP contribution is 2.38. The molecule has 2 saturated heterocycles. The minimum atomic E-state index is 0.674. The third-order valence-electron chi connectivity index (χ3n) is 8.64. The Morgan fingerprint density at radius 2 is 1.47 bits per heavy atom. The van der Waals surface area contributed by atoms with Crippen LogP contribution >= 0.6 is 0 Å². The predicted molar refractivity (Wildman–Crippen MR) is 135 cm³/mol. The van der Waals surface area contributed by atoms with Crippen molar-refractivity contribution in [2.24, 2.45) is 5.92 Å². The van der Waals surface area contributed by atoms with E-state index in [9.17, 15) is 0 Å². The van der Waals surface area contributed by atoms with Crippen molar-refractivity contribution in [1.29, 1.82) is 0 Å². The van der Waals surface area contributed by atoms with E-state index in [2.05, 4.69) is 46.2 Å². The van der Waals surface area contributed by atoms with Crippen molar-refractivity contribution in [2.75, 3.05) is 39.8 Å². The van der Waals surface area contributed by atoms with Gasteiger partial charge in [-0.2, -0.15) is 0 Å². The summed E-state index contributed by atoms with van der Waals surface area (Å²) in [4.78, 5) is 5.61. The molecule has 3 nitrogen and oxygen atoms in total. The van der Waals surface area contributed by atoms with Crippen LogP contribution in [0.2, 0.25) is 0 Å². The first-order valence-corrected chi connectivity index (χ1v) is 13.3. The highest BCUT2D eigenvalue weighted by molar-refractivity contribution is 5.84. The number of fused-ring (bicyclic) bond motifs is 1. The van der Waals surface area contributed by atoms with E-state index in [1.54, 1.807) is 12.7 Å². The van der Waals surface area contributed by atoms with E-state index in [1.165, 1.54) is 108 Å². The van der Waals surface area contributed by atoms with Gasteiger partial charge in [-0.1, -0.05) is 49.9 Å². The zero-order chi connectivity index (χ0) is 21.8. The summed E-state index contributed by atoms with van der Waals surface area (Å²) in [5.41, 5.74) is 1.56. The van der Waals surface area contributed by atoms with E-state index in [0.29, 0.717) is 5.92 Å². The number of piperidine rings is 2. The number of benzene rings is 2. The Bertz CT molecular complexity index is 861. The summed E-state index contributed by atoms with van der Waals surface area (Å²) in [6.07, 6.45) is 14.1. The summed E-state index contributed by atoms with van der Waals surface area (Å²) in [7, 11) is 1.75. The lowest BCUT2D eigenvalue weighted by Crippen LogP contribution is -2.47. The first kappa shape index (κ1) is 22.2. The van der Waals surface area contributed by atoms with Crippen molar-refractivity contribution in [3.8, 4) is 5.75 Å². The zero-order valence-electron chi connectivity index (χ0n) is 20.1. The summed E-state index contributed by atoms with van der Waals surface area (Å²) in [6, 6.07) is 14.6. The lowest BCUT2D eigenvalue weighted by atomic mass is 9.76. The summed E-state index contributed by atoms with van der Waals surface area (Å²) >= 11 is 0. The minimum Gasteiger partial charge on any atom is -0.497 e. The smallest absolute Gasteiger partial charge is 0.119 e. The predicted octanol–water partition coefficient (Wildman–Crippen LogP) is 6.46. The molecule has 1 aliphatic carbocycles. The van der Waals surface area contributed by atoms with Gasteiger partial charge >= 0.3 is 0 Å². The average Bonchev–Trinajstić information content (AvgIpc) is 2.88. The molecule has 2 aromatic carbocycles. The zero-order valence-corrected chi connectivity index (χ0v) is 20.1. The molecule has 0 spiro atoms. The van der Waals surface area contributed by atoms with Crippen LogP contribution < -0.4 is 4.74 Å². The first-order valence-electron chi connectivity index (χ1n) is 13.3. The van der Waals surface area contributed by atoms with Gasteiger partial charge in [0.15, 0.2) is 0 Å². The van der Waals surface area contributed by atoms with Gasteiger partial charge in [-0.3, -0.25) is 0 Å². The third-order valence-corrected chi connectivity index (χ3v) is 8.64. The quantitative estimate of drug-likeness (QED) is 0.519. The number of likely N-dealkylation sites (tertiary alicyclic amines) is 2. The fourth-order valence-electron chi connectivity index (χ4n) is 6.69. The van der Waals surface area contributed by atoms with E-state index in [-0.39, 0.29) is 0 Å². The molecule has 0 amide bonds. The fourth-order valence-corrected chi connectivity index (χ4v) is 6.69. The Morgan fingerprint density at radius 3 is 2.22 bits per heavy atom. The molecular formula is C29H42N2O. The third kappa shape index (κ3) is 5.15. The molecule has 1 saturated carbocycles. The van der Waals surface area contributed by atoms with Crippen molar-refractivity contribution in [1.82, 2.24) is 9.80 Å². The monoisotopic (exact) mass is 434 g/mol. The molecule has 1 atom stereocenters. The van der Waals surface area contributed by atoms with Gasteiger partial charge in [0.25, 0.3) is 0 Å². The van der Waals surface area contributed by atoms with Crippen molar-refractivity contribution >= 4 is 10.8 Å². The van der Waals surface area contributed by atoms with Crippen LogP contribution in [0.25, 0.3) is 10.8 Å². The normalized spacial score (nSPS) is 23.4. The van der Waals surface area contributed by atoms with E-state index in [4.69, 9.17) is 4.74 Å². The summed E-state index contributed by atoms with van der Waals surface area (Å²) in [6.45, 7) is 6.51. The van der Waals surface area contributed by atoms with Crippen LogP contribution in [-0.4, -0.2) is 55.7 Å². The summed E-state index contributed by atoms with van der Waals surface area (Å²) in [5.74, 6) is 2.47. The van der Waals surface area contributed by atoms with Crippen LogP contribution in [0.15, 0.2) is 36.4 Å². The molecule has 2 heterocycles. The molecule has 3 heteroatoms. The van der Waals surface area contributed by atoms with Gasteiger partial charge < -0.3 is 14.5 Å². The SMILES string of the molecule is COc1ccc2cc(C(CN3CCC(N4CCCCC4)CC3)C3CCCCC3)ccc2c1. The van der Waals surface area contributed by atoms with Gasteiger partial charge in [0.05, 0.1) is 7.11 Å². The Kier molecular flexibility index (Phi) is 7.34. The van der Waals surface area contributed by atoms with E-state index in [1.807, 2.05) is 0 Å². The van der Waals surface area contributed by atoms with Crippen LogP contribution in [0.1, 0.15) is 75.7 Å². The molecule has 0 aromatic heterocycles. The lowest BCUT2D eigenvalue weighted by Gasteiger charge is -2.42. The molecule has 0 bridgehead atoms. The maximum Gasteiger partial charge on any atom is 0.119 e. The van der Waals surface area contributed by atoms with Gasteiger partial charge in [-0.05, 0) is 105 Å². The van der Waals surface area contributed by atoms with Crippen molar-refractivity contribution in [2.45, 2.75) is 76.2 Å². The van der Waals surface area contributed by atoms with E-state index in [0.717, 1.165) is 17.7 Å². The second-order valence-corrected chi connectivity index (χ2v) is 10.6. The average molecular weight is 435 g/mol. The molecule has 3 fully saturated rings. The molecule has 5 rings (SSSR count). The fraction of sp³-hybridized carbons (Fsp3) is 0.655. The summed E-state index contributed by atoms with van der Waals surface area (Å²) < 4.78 is 5.44. The number of hydrogen-bond acceptors (Lipinski definition) is 3. The number of methoxy groups -OCH3 is 1. The molecule has 0 radical (unpaired) electrons. The molecule has 32 heavy (non-hydrogen) atoms. The summed E-state index contributed by atoms with van der Waals surface area (Å²) in [5, 5.41) is 2.64. The van der Waals surface area contributed by atoms with Gasteiger partial charge in [-0.25, -0.2) is 0 Å². The first-order chi connectivity index (χ1) is 15.8. The second kappa shape index (κ2) is 10.6. The van der Waals surface area contributed by atoms with Crippen LogP contribution in [-0.2, 0) is 0 Å². The molecule has 2 aliphatic heterocycles. The number of hydrogen-bond donors (Lipinski definition) is 0.